The molecule has 134 valence electrons. The maximum absolute atomic E-state index is 12.2. The Morgan fingerprint density at radius 3 is 2.69 bits per heavy atom. The molecule has 0 aliphatic heterocycles. The van der Waals surface area contributed by atoms with Crippen LogP contribution in [0.25, 0.3) is 0 Å². The normalized spacial score (nSPS) is 10.6. The molecule has 2 N–H and O–H groups in total. The number of nitrogens with zero attached hydrogens (tertiary/aromatic N) is 1. The summed E-state index contributed by atoms with van der Waals surface area (Å²) in [5, 5.41) is 14.9. The molecule has 2 aromatic carbocycles. The molecule has 0 saturated heterocycles. The lowest BCUT2D eigenvalue weighted by molar-refractivity contribution is -0.112. The number of carbonyl (C=O) groups excluding carboxylic acids is 1. The number of rotatable bonds is 8. The van der Waals surface area contributed by atoms with E-state index in [2.05, 4.69) is 10.6 Å². The summed E-state index contributed by atoms with van der Waals surface area (Å²) in [6, 6.07) is 16.7. The van der Waals surface area contributed by atoms with Gasteiger partial charge in [-0.1, -0.05) is 24.3 Å². The number of carbonyl (C=O) groups is 1. The van der Waals surface area contributed by atoms with Gasteiger partial charge in [0.2, 0.25) is 0 Å². The Balaban J connectivity index is 1.92. The number of amides is 1. The summed E-state index contributed by atoms with van der Waals surface area (Å²) in [6.07, 6.45) is 2.16. The van der Waals surface area contributed by atoms with Crippen molar-refractivity contribution < 1.29 is 14.3 Å². The van der Waals surface area contributed by atoms with Crippen molar-refractivity contribution in [2.45, 2.75) is 6.42 Å². The number of nitriles is 1. The van der Waals surface area contributed by atoms with Crippen molar-refractivity contribution in [1.29, 1.82) is 5.26 Å². The molecule has 0 aliphatic carbocycles. The molecule has 0 aromatic heterocycles. The van der Waals surface area contributed by atoms with E-state index in [-0.39, 0.29) is 5.57 Å². The van der Waals surface area contributed by atoms with Crippen LogP contribution in [0.1, 0.15) is 5.56 Å². The van der Waals surface area contributed by atoms with Crippen LogP contribution in [0.2, 0.25) is 0 Å². The van der Waals surface area contributed by atoms with Gasteiger partial charge < -0.3 is 20.1 Å². The van der Waals surface area contributed by atoms with Gasteiger partial charge in [0.05, 0.1) is 19.9 Å². The number of benzene rings is 2. The summed E-state index contributed by atoms with van der Waals surface area (Å²) >= 11 is 0. The largest absolute Gasteiger partial charge is 0.497 e. The van der Waals surface area contributed by atoms with Crippen LogP contribution in [0.15, 0.2) is 60.3 Å². The molecule has 6 heteroatoms. The van der Waals surface area contributed by atoms with Crippen LogP contribution in [-0.2, 0) is 11.2 Å². The van der Waals surface area contributed by atoms with E-state index in [4.69, 9.17) is 9.47 Å². The molecule has 26 heavy (non-hydrogen) atoms. The first-order valence-electron chi connectivity index (χ1n) is 8.09. The summed E-state index contributed by atoms with van der Waals surface area (Å²) in [5.41, 5.74) is 1.60. The Morgan fingerprint density at radius 2 is 1.96 bits per heavy atom. The Bertz CT molecular complexity index is 825. The summed E-state index contributed by atoms with van der Waals surface area (Å²) in [4.78, 5) is 12.2. The summed E-state index contributed by atoms with van der Waals surface area (Å²) in [5.74, 6) is 0.835. The summed E-state index contributed by atoms with van der Waals surface area (Å²) in [7, 11) is 3.14. The molecule has 0 aliphatic rings. The van der Waals surface area contributed by atoms with Gasteiger partial charge in [0.25, 0.3) is 5.91 Å². The third kappa shape index (κ3) is 5.28. The molecular formula is C20H21N3O3. The van der Waals surface area contributed by atoms with Crippen molar-refractivity contribution in [1.82, 2.24) is 5.32 Å². The van der Waals surface area contributed by atoms with Gasteiger partial charge in [-0.15, -0.1) is 0 Å². The van der Waals surface area contributed by atoms with E-state index in [9.17, 15) is 10.1 Å². The fourth-order valence-electron chi connectivity index (χ4n) is 2.30. The molecule has 0 atom stereocenters. The minimum atomic E-state index is -0.495. The first-order chi connectivity index (χ1) is 12.7. The highest BCUT2D eigenvalue weighted by Crippen LogP contribution is 2.23. The van der Waals surface area contributed by atoms with E-state index >= 15 is 0 Å². The Hall–Kier alpha value is -3.46. The third-order valence-corrected chi connectivity index (χ3v) is 3.66. The van der Waals surface area contributed by atoms with E-state index in [0.29, 0.717) is 18.0 Å². The standard InChI is InChI=1S/C20H21N3O3/c1-25-17-7-5-6-15(12-17)10-11-22-14-16(13-21)20(24)23-18-8-3-4-9-19(18)26-2/h3-9,12,14,22H,10-11H2,1-2H3,(H,23,24)/b16-14-. The number of para-hydroxylation sites is 2. The quantitative estimate of drug-likeness (QED) is 0.434. The zero-order chi connectivity index (χ0) is 18.8. The minimum Gasteiger partial charge on any atom is -0.497 e. The van der Waals surface area contributed by atoms with Gasteiger partial charge in [-0.2, -0.15) is 5.26 Å². The lowest BCUT2D eigenvalue weighted by Crippen LogP contribution is -2.18. The topological polar surface area (TPSA) is 83.4 Å². The van der Waals surface area contributed by atoms with E-state index in [1.54, 1.807) is 31.4 Å². The fourth-order valence-corrected chi connectivity index (χ4v) is 2.30. The molecule has 0 unspecified atom stereocenters. The molecule has 2 rings (SSSR count). The minimum absolute atomic E-state index is 0.0125. The van der Waals surface area contributed by atoms with E-state index in [1.165, 1.54) is 13.3 Å². The zero-order valence-corrected chi connectivity index (χ0v) is 14.8. The molecule has 2 aromatic rings. The molecule has 0 bridgehead atoms. The number of methoxy groups -OCH3 is 2. The Kier molecular flexibility index (Phi) is 7.07. The lowest BCUT2D eigenvalue weighted by atomic mass is 10.1. The van der Waals surface area contributed by atoms with Crippen LogP contribution in [0.4, 0.5) is 5.69 Å². The van der Waals surface area contributed by atoms with Crippen LogP contribution in [0.3, 0.4) is 0 Å². The lowest BCUT2D eigenvalue weighted by Gasteiger charge is -2.09. The van der Waals surface area contributed by atoms with Gasteiger partial charge in [0, 0.05) is 12.7 Å². The number of ether oxygens (including phenoxy) is 2. The van der Waals surface area contributed by atoms with Crippen molar-refractivity contribution in [2.75, 3.05) is 26.1 Å². The molecule has 0 spiro atoms. The van der Waals surface area contributed by atoms with Gasteiger partial charge in [-0.3, -0.25) is 4.79 Å². The SMILES string of the molecule is COc1cccc(CCN/C=C(/C#N)C(=O)Nc2ccccc2OC)c1. The second-order valence-electron chi connectivity index (χ2n) is 5.38. The van der Waals surface area contributed by atoms with Gasteiger partial charge in [-0.25, -0.2) is 0 Å². The molecule has 6 nitrogen and oxygen atoms in total. The van der Waals surface area contributed by atoms with Crippen molar-refractivity contribution in [3.8, 4) is 17.6 Å². The summed E-state index contributed by atoms with van der Waals surface area (Å²) < 4.78 is 10.4. The molecule has 0 radical (unpaired) electrons. The average molecular weight is 351 g/mol. The number of hydrogen-bond acceptors (Lipinski definition) is 5. The smallest absolute Gasteiger partial charge is 0.267 e. The van der Waals surface area contributed by atoms with Gasteiger partial charge in [0.15, 0.2) is 0 Å². The van der Waals surface area contributed by atoms with Crippen LogP contribution < -0.4 is 20.1 Å². The number of anilines is 1. The second kappa shape index (κ2) is 9.74. The highest BCUT2D eigenvalue weighted by atomic mass is 16.5. The van der Waals surface area contributed by atoms with Crippen LogP contribution in [-0.4, -0.2) is 26.7 Å². The number of hydrogen-bond donors (Lipinski definition) is 2. The van der Waals surface area contributed by atoms with Crippen molar-refractivity contribution in [3.63, 3.8) is 0 Å². The van der Waals surface area contributed by atoms with E-state index in [1.807, 2.05) is 30.3 Å². The van der Waals surface area contributed by atoms with Gasteiger partial charge in [-0.05, 0) is 36.2 Å². The van der Waals surface area contributed by atoms with Crippen molar-refractivity contribution >= 4 is 11.6 Å². The summed E-state index contributed by atoms with van der Waals surface area (Å²) in [6.45, 7) is 0.584. The fraction of sp³-hybridized carbons (Fsp3) is 0.200. The first-order valence-corrected chi connectivity index (χ1v) is 8.09. The average Bonchev–Trinajstić information content (AvgIpc) is 2.68. The molecule has 1 amide bonds. The predicted octanol–water partition coefficient (Wildman–Crippen LogP) is 2.88. The van der Waals surface area contributed by atoms with Crippen molar-refractivity contribution in [3.05, 3.63) is 65.9 Å². The Morgan fingerprint density at radius 1 is 1.15 bits per heavy atom. The zero-order valence-electron chi connectivity index (χ0n) is 14.8. The maximum atomic E-state index is 12.2. The molecule has 0 saturated carbocycles. The van der Waals surface area contributed by atoms with Gasteiger partial charge in [0.1, 0.15) is 23.1 Å². The van der Waals surface area contributed by atoms with Crippen LogP contribution in [0, 0.1) is 11.3 Å². The third-order valence-electron chi connectivity index (χ3n) is 3.66. The predicted molar refractivity (Wildman–Crippen MR) is 100 cm³/mol. The number of nitrogens with one attached hydrogen (secondary N) is 2. The van der Waals surface area contributed by atoms with E-state index < -0.39 is 5.91 Å². The van der Waals surface area contributed by atoms with Gasteiger partial charge >= 0.3 is 0 Å². The van der Waals surface area contributed by atoms with E-state index in [0.717, 1.165) is 17.7 Å². The second-order valence-corrected chi connectivity index (χ2v) is 5.38. The monoisotopic (exact) mass is 351 g/mol. The maximum Gasteiger partial charge on any atom is 0.267 e. The first kappa shape index (κ1) is 18.9. The highest BCUT2D eigenvalue weighted by molar-refractivity contribution is 6.07. The molecule has 0 heterocycles. The Labute approximate surface area is 153 Å². The molecular weight excluding hydrogens is 330 g/mol. The van der Waals surface area contributed by atoms with Crippen molar-refractivity contribution in [2.24, 2.45) is 0 Å². The highest BCUT2D eigenvalue weighted by Gasteiger charge is 2.11. The van der Waals surface area contributed by atoms with Crippen LogP contribution in [0.5, 0.6) is 11.5 Å². The molecule has 0 fully saturated rings. The van der Waals surface area contributed by atoms with Crippen LogP contribution >= 0.6 is 0 Å².